The van der Waals surface area contributed by atoms with Crippen LogP contribution in [-0.4, -0.2) is 49.7 Å². The van der Waals surface area contributed by atoms with Crippen molar-refractivity contribution in [2.75, 3.05) is 32.2 Å². The highest BCUT2D eigenvalue weighted by atomic mass is 19.4. The topological polar surface area (TPSA) is 97.0 Å². The van der Waals surface area contributed by atoms with Crippen LogP contribution < -0.4 is 10.6 Å². The van der Waals surface area contributed by atoms with Crippen LogP contribution in [0.2, 0.25) is 0 Å². The van der Waals surface area contributed by atoms with Gasteiger partial charge in [0.2, 0.25) is 0 Å². The van der Waals surface area contributed by atoms with E-state index < -0.39 is 53.0 Å². The zero-order chi connectivity index (χ0) is 29.8. The molecule has 2 aromatic rings. The number of halogens is 6. The second-order valence-electron chi connectivity index (χ2n) is 8.63. The third-order valence-corrected chi connectivity index (χ3v) is 5.98. The van der Waals surface area contributed by atoms with Gasteiger partial charge >= 0.3 is 24.4 Å². The number of alkyl halides is 6. The van der Waals surface area contributed by atoms with Crippen molar-refractivity contribution in [1.29, 1.82) is 0 Å². The van der Waals surface area contributed by atoms with Crippen molar-refractivity contribution >= 4 is 23.6 Å². The molecule has 1 aliphatic rings. The number of anilines is 1. The van der Waals surface area contributed by atoms with Gasteiger partial charge in [-0.05, 0) is 49.7 Å². The summed E-state index contributed by atoms with van der Waals surface area (Å²) in [6, 6.07) is 4.62. The number of methoxy groups -OCH3 is 1. The van der Waals surface area contributed by atoms with E-state index in [0.29, 0.717) is 23.4 Å². The lowest BCUT2D eigenvalue weighted by Gasteiger charge is -2.35. The van der Waals surface area contributed by atoms with Gasteiger partial charge in [0.1, 0.15) is 6.61 Å². The average molecular weight is 573 g/mol. The maximum atomic E-state index is 13.2. The summed E-state index contributed by atoms with van der Waals surface area (Å²) in [7, 11) is 1.42. The van der Waals surface area contributed by atoms with E-state index in [1.165, 1.54) is 36.3 Å². The van der Waals surface area contributed by atoms with Crippen molar-refractivity contribution in [3.05, 3.63) is 76.0 Å². The molecule has 0 unspecified atom stereocenters. The molecule has 1 atom stereocenters. The van der Waals surface area contributed by atoms with E-state index in [4.69, 9.17) is 9.47 Å². The first kappa shape index (κ1) is 30.5. The van der Waals surface area contributed by atoms with Gasteiger partial charge in [-0.2, -0.15) is 26.3 Å². The van der Waals surface area contributed by atoms with E-state index in [1.54, 1.807) is 13.8 Å². The quantitative estimate of drug-likeness (QED) is 0.246. The van der Waals surface area contributed by atoms with Crippen LogP contribution in [0.3, 0.4) is 0 Å². The molecule has 8 nitrogen and oxygen atoms in total. The average Bonchev–Trinajstić information content (AvgIpc) is 2.87. The van der Waals surface area contributed by atoms with Crippen LogP contribution in [0.5, 0.6) is 0 Å². The number of ether oxygens (including phenoxy) is 2. The lowest BCUT2D eigenvalue weighted by molar-refractivity contribution is -0.143. The summed E-state index contributed by atoms with van der Waals surface area (Å²) < 4.78 is 89.4. The van der Waals surface area contributed by atoms with Gasteiger partial charge in [-0.1, -0.05) is 12.1 Å². The molecular weight excluding hydrogens is 548 g/mol. The maximum absolute atomic E-state index is 13.2. The minimum absolute atomic E-state index is 0.00889. The van der Waals surface area contributed by atoms with Gasteiger partial charge in [0, 0.05) is 30.6 Å². The largest absolute Gasteiger partial charge is 0.460 e. The van der Waals surface area contributed by atoms with Crippen LogP contribution >= 0.6 is 0 Å². The van der Waals surface area contributed by atoms with Crippen LogP contribution in [0.4, 0.5) is 36.8 Å². The van der Waals surface area contributed by atoms with Crippen LogP contribution in [0.1, 0.15) is 46.9 Å². The lowest BCUT2D eigenvalue weighted by atomic mass is 9.94. The predicted molar refractivity (Wildman–Crippen MR) is 130 cm³/mol. The fourth-order valence-electron chi connectivity index (χ4n) is 4.06. The third-order valence-electron chi connectivity index (χ3n) is 5.98. The monoisotopic (exact) mass is 573 g/mol. The number of esters is 1. The Balaban J connectivity index is 1.96. The lowest BCUT2D eigenvalue weighted by Crippen LogP contribution is -2.48. The normalized spacial score (nSPS) is 16.1. The highest BCUT2D eigenvalue weighted by molar-refractivity contribution is 6.04. The Labute approximate surface area is 224 Å². The molecule has 0 saturated carbocycles. The zero-order valence-corrected chi connectivity index (χ0v) is 21.5. The second kappa shape index (κ2) is 12.0. The fraction of sp³-hybridized carbons (Fsp3) is 0.346. The van der Waals surface area contributed by atoms with Crippen molar-refractivity contribution in [3.8, 4) is 0 Å². The van der Waals surface area contributed by atoms with Crippen molar-refractivity contribution in [2.24, 2.45) is 0 Å². The highest BCUT2D eigenvalue weighted by Gasteiger charge is 2.38. The number of hydrogen-bond donors (Lipinski definition) is 2. The zero-order valence-electron chi connectivity index (χ0n) is 21.5. The molecule has 0 radical (unpaired) electrons. The number of allylic oxidation sites excluding steroid dienone is 1. The Kier molecular flexibility index (Phi) is 9.13. The Bertz CT molecular complexity index is 1290. The van der Waals surface area contributed by atoms with Gasteiger partial charge in [0.25, 0.3) is 5.91 Å². The number of nitrogens with zero attached hydrogens (tertiary/aromatic N) is 1. The molecule has 0 bridgehead atoms. The molecule has 2 aromatic carbocycles. The van der Waals surface area contributed by atoms with Crippen molar-refractivity contribution in [1.82, 2.24) is 10.2 Å². The van der Waals surface area contributed by atoms with Crippen LogP contribution in [-0.2, 0) is 26.6 Å². The molecule has 1 aliphatic heterocycles. The van der Waals surface area contributed by atoms with E-state index in [2.05, 4.69) is 10.6 Å². The standard InChI is InChI=1S/C26H25F6N3O5/c1-4-35-14(2)20(23(37)40-9-8-39-3)21(34-24(35)38)15-6-5-7-19(12-15)33-22(36)16-10-17(25(27,28)29)13-18(11-16)26(30,31)32/h5-7,10-13,21H,4,8-9H2,1-3H3,(H,33,36)(H,34,38)/t21-/m0/s1. The summed E-state index contributed by atoms with van der Waals surface area (Å²) in [6.45, 7) is 3.56. The maximum Gasteiger partial charge on any atom is 0.416 e. The Morgan fingerprint density at radius 1 is 1.00 bits per heavy atom. The van der Waals surface area contributed by atoms with E-state index in [9.17, 15) is 40.7 Å². The first-order valence-corrected chi connectivity index (χ1v) is 11.8. The van der Waals surface area contributed by atoms with Gasteiger partial charge in [0.05, 0.1) is 29.3 Å². The summed E-state index contributed by atoms with van der Waals surface area (Å²) in [4.78, 5) is 39.7. The molecule has 1 heterocycles. The van der Waals surface area contributed by atoms with Crippen LogP contribution in [0.15, 0.2) is 53.7 Å². The highest BCUT2D eigenvalue weighted by Crippen LogP contribution is 2.37. The molecular formula is C26H25F6N3O5. The number of benzene rings is 2. The molecule has 2 N–H and O–H groups in total. The fourth-order valence-corrected chi connectivity index (χ4v) is 4.06. The molecule has 0 fully saturated rings. The second-order valence-corrected chi connectivity index (χ2v) is 8.63. The number of carbonyl (C=O) groups excluding carboxylic acids is 3. The minimum Gasteiger partial charge on any atom is -0.460 e. The van der Waals surface area contributed by atoms with Crippen molar-refractivity contribution in [2.45, 2.75) is 32.2 Å². The smallest absolute Gasteiger partial charge is 0.416 e. The molecule has 0 spiro atoms. The Morgan fingerprint density at radius 2 is 1.62 bits per heavy atom. The summed E-state index contributed by atoms with van der Waals surface area (Å²) in [5.74, 6) is -1.97. The molecule has 0 aromatic heterocycles. The van der Waals surface area contributed by atoms with Gasteiger partial charge < -0.3 is 20.1 Å². The van der Waals surface area contributed by atoms with Crippen LogP contribution in [0.25, 0.3) is 0 Å². The van der Waals surface area contributed by atoms with Gasteiger partial charge in [-0.15, -0.1) is 0 Å². The van der Waals surface area contributed by atoms with E-state index in [-0.39, 0.29) is 37.1 Å². The van der Waals surface area contributed by atoms with Gasteiger partial charge in [-0.3, -0.25) is 9.69 Å². The molecule has 0 aliphatic carbocycles. The SMILES string of the molecule is CCN1C(=O)N[C@@H](c2cccc(NC(=O)c3cc(C(F)(F)F)cc(C(F)(F)F)c3)c2)C(C(=O)OCCOC)=C1C. The summed E-state index contributed by atoms with van der Waals surface area (Å²) in [5.41, 5.74) is -3.45. The third kappa shape index (κ3) is 6.92. The van der Waals surface area contributed by atoms with Gasteiger partial charge in [-0.25, -0.2) is 9.59 Å². The number of rotatable bonds is 8. The predicted octanol–water partition coefficient (Wildman–Crippen LogP) is 5.53. The number of carbonyl (C=O) groups is 3. The van der Waals surface area contributed by atoms with Crippen molar-refractivity contribution < 1.29 is 50.2 Å². The molecule has 3 amide bonds. The minimum atomic E-state index is -5.12. The van der Waals surface area contributed by atoms with E-state index in [1.807, 2.05) is 0 Å². The summed E-state index contributed by atoms with van der Waals surface area (Å²) in [5, 5.41) is 4.96. The first-order chi connectivity index (χ1) is 18.7. The summed E-state index contributed by atoms with van der Waals surface area (Å²) >= 11 is 0. The van der Waals surface area contributed by atoms with E-state index >= 15 is 0 Å². The number of nitrogens with one attached hydrogen (secondary N) is 2. The van der Waals surface area contributed by atoms with E-state index in [0.717, 1.165) is 0 Å². The number of amides is 3. The molecule has 14 heteroatoms. The Morgan fingerprint density at radius 3 is 2.17 bits per heavy atom. The van der Waals surface area contributed by atoms with Crippen LogP contribution in [0, 0.1) is 0 Å². The van der Waals surface area contributed by atoms with Gasteiger partial charge in [0.15, 0.2) is 0 Å². The molecule has 0 saturated heterocycles. The number of hydrogen-bond acceptors (Lipinski definition) is 5. The number of urea groups is 1. The molecule has 216 valence electrons. The van der Waals surface area contributed by atoms with Crippen molar-refractivity contribution in [3.63, 3.8) is 0 Å². The Hall–Kier alpha value is -4.07. The molecule has 3 rings (SSSR count). The molecule has 40 heavy (non-hydrogen) atoms. The first-order valence-electron chi connectivity index (χ1n) is 11.8. The summed E-state index contributed by atoms with van der Waals surface area (Å²) in [6.07, 6.45) is -10.2.